The van der Waals surface area contributed by atoms with Crippen molar-refractivity contribution in [2.24, 2.45) is 5.73 Å². The number of primary amides is 1. The van der Waals surface area contributed by atoms with E-state index < -0.39 is 11.9 Å². The maximum Gasteiger partial charge on any atom is 0.319 e. The van der Waals surface area contributed by atoms with Gasteiger partial charge in [-0.05, 0) is 14.0 Å². The molecule has 0 rings (SSSR count). The van der Waals surface area contributed by atoms with E-state index in [-0.39, 0.29) is 12.5 Å². The van der Waals surface area contributed by atoms with Crippen molar-refractivity contribution in [2.75, 3.05) is 20.7 Å². The molecule has 1 amide bonds. The smallest absolute Gasteiger partial charge is 0.319 e. The number of methoxy groups -OCH3 is 1. The highest BCUT2D eigenvalue weighted by atomic mass is 16.5. The molecule has 0 fully saturated rings. The van der Waals surface area contributed by atoms with Crippen molar-refractivity contribution in [3.05, 3.63) is 0 Å². The SMILES string of the molecule is COC(=O)CN(C)C(C)C(N)=O. The molecule has 0 aliphatic carbocycles. The van der Waals surface area contributed by atoms with E-state index in [2.05, 4.69) is 4.74 Å². The lowest BCUT2D eigenvalue weighted by molar-refractivity contribution is -0.142. The first-order valence-electron chi connectivity index (χ1n) is 3.55. The molecule has 0 aromatic rings. The molecule has 5 nitrogen and oxygen atoms in total. The number of amides is 1. The maximum atomic E-state index is 10.7. The molecule has 0 saturated heterocycles. The summed E-state index contributed by atoms with van der Waals surface area (Å²) in [6, 6.07) is -0.455. The summed E-state index contributed by atoms with van der Waals surface area (Å²) in [6.45, 7) is 1.70. The van der Waals surface area contributed by atoms with Gasteiger partial charge in [0.05, 0.1) is 19.7 Å². The summed E-state index contributed by atoms with van der Waals surface area (Å²) < 4.78 is 4.42. The number of nitrogens with two attached hydrogens (primary N) is 1. The quantitative estimate of drug-likeness (QED) is 0.553. The summed E-state index contributed by atoms with van der Waals surface area (Å²) in [5.41, 5.74) is 5.02. The van der Waals surface area contributed by atoms with Crippen LogP contribution in [0.4, 0.5) is 0 Å². The van der Waals surface area contributed by atoms with Crippen LogP contribution in [0.1, 0.15) is 6.92 Å². The van der Waals surface area contributed by atoms with Crippen molar-refractivity contribution in [3.8, 4) is 0 Å². The molecule has 0 heterocycles. The molecule has 5 heteroatoms. The Balaban J connectivity index is 3.94. The van der Waals surface area contributed by atoms with Crippen molar-refractivity contribution >= 4 is 11.9 Å². The molecule has 0 bridgehead atoms. The monoisotopic (exact) mass is 174 g/mol. The maximum absolute atomic E-state index is 10.7. The fourth-order valence-corrected chi connectivity index (χ4v) is 0.622. The number of hydrogen-bond donors (Lipinski definition) is 1. The van der Waals surface area contributed by atoms with Crippen LogP contribution in [0.3, 0.4) is 0 Å². The minimum Gasteiger partial charge on any atom is -0.468 e. The van der Waals surface area contributed by atoms with E-state index >= 15 is 0 Å². The van der Waals surface area contributed by atoms with Gasteiger partial charge in [-0.25, -0.2) is 0 Å². The van der Waals surface area contributed by atoms with Crippen LogP contribution in [0.2, 0.25) is 0 Å². The van der Waals surface area contributed by atoms with Gasteiger partial charge < -0.3 is 10.5 Å². The lowest BCUT2D eigenvalue weighted by Gasteiger charge is -2.19. The second kappa shape index (κ2) is 4.71. The van der Waals surface area contributed by atoms with E-state index in [0.717, 1.165) is 0 Å². The van der Waals surface area contributed by atoms with Crippen LogP contribution in [-0.4, -0.2) is 43.5 Å². The van der Waals surface area contributed by atoms with Crippen LogP contribution in [-0.2, 0) is 14.3 Å². The first kappa shape index (κ1) is 10.9. The average Bonchev–Trinajstić information content (AvgIpc) is 2.02. The number of likely N-dealkylation sites (N-methyl/N-ethyl adjacent to an activating group) is 1. The van der Waals surface area contributed by atoms with Gasteiger partial charge in [0, 0.05) is 0 Å². The van der Waals surface area contributed by atoms with Crippen molar-refractivity contribution in [1.29, 1.82) is 0 Å². The number of rotatable bonds is 4. The number of carbonyl (C=O) groups excluding carboxylic acids is 2. The highest BCUT2D eigenvalue weighted by Gasteiger charge is 2.17. The van der Waals surface area contributed by atoms with Crippen LogP contribution >= 0.6 is 0 Å². The molecule has 0 spiro atoms. The van der Waals surface area contributed by atoms with Gasteiger partial charge in [0.1, 0.15) is 0 Å². The Bertz CT molecular complexity index is 181. The molecule has 0 aromatic heterocycles. The van der Waals surface area contributed by atoms with Crippen LogP contribution in [0.15, 0.2) is 0 Å². The van der Waals surface area contributed by atoms with Crippen LogP contribution in [0.25, 0.3) is 0 Å². The Morgan fingerprint density at radius 2 is 2.08 bits per heavy atom. The Hall–Kier alpha value is -1.10. The Morgan fingerprint density at radius 1 is 1.58 bits per heavy atom. The molecule has 70 valence electrons. The van der Waals surface area contributed by atoms with Gasteiger partial charge in [-0.15, -0.1) is 0 Å². The fourth-order valence-electron chi connectivity index (χ4n) is 0.622. The lowest BCUT2D eigenvalue weighted by Crippen LogP contribution is -2.42. The highest BCUT2D eigenvalue weighted by molar-refractivity contribution is 5.80. The van der Waals surface area contributed by atoms with E-state index in [0.29, 0.717) is 0 Å². The molecular formula is C7H14N2O3. The minimum atomic E-state index is -0.457. The van der Waals surface area contributed by atoms with Gasteiger partial charge >= 0.3 is 5.97 Å². The zero-order valence-electron chi connectivity index (χ0n) is 7.53. The Kier molecular flexibility index (Phi) is 4.28. The lowest BCUT2D eigenvalue weighted by atomic mass is 10.3. The molecule has 2 N–H and O–H groups in total. The second-order valence-electron chi connectivity index (χ2n) is 2.57. The standard InChI is InChI=1S/C7H14N2O3/c1-5(7(8)11)9(2)4-6(10)12-3/h5H,4H2,1-3H3,(H2,8,11). The largest absolute Gasteiger partial charge is 0.468 e. The molecule has 1 atom stereocenters. The second-order valence-corrected chi connectivity index (χ2v) is 2.57. The van der Waals surface area contributed by atoms with E-state index in [4.69, 9.17) is 5.73 Å². The summed E-state index contributed by atoms with van der Waals surface area (Å²) in [7, 11) is 2.93. The number of esters is 1. The average molecular weight is 174 g/mol. The summed E-state index contributed by atoms with van der Waals surface area (Å²) >= 11 is 0. The van der Waals surface area contributed by atoms with E-state index in [1.165, 1.54) is 12.0 Å². The van der Waals surface area contributed by atoms with Gasteiger partial charge in [0.2, 0.25) is 5.91 Å². The van der Waals surface area contributed by atoms with Crippen LogP contribution in [0, 0.1) is 0 Å². The summed E-state index contributed by atoms with van der Waals surface area (Å²) in [4.78, 5) is 22.9. The summed E-state index contributed by atoms with van der Waals surface area (Å²) in [5, 5.41) is 0. The van der Waals surface area contributed by atoms with Gasteiger partial charge in [0.15, 0.2) is 0 Å². The van der Waals surface area contributed by atoms with Crippen molar-refractivity contribution in [2.45, 2.75) is 13.0 Å². The third kappa shape index (κ3) is 3.34. The molecular weight excluding hydrogens is 160 g/mol. The van der Waals surface area contributed by atoms with Gasteiger partial charge in [0.25, 0.3) is 0 Å². The molecule has 0 aliphatic rings. The first-order valence-corrected chi connectivity index (χ1v) is 3.55. The topological polar surface area (TPSA) is 72.6 Å². The highest BCUT2D eigenvalue weighted by Crippen LogP contribution is 1.93. The van der Waals surface area contributed by atoms with Gasteiger partial charge in [-0.3, -0.25) is 14.5 Å². The molecule has 0 aromatic carbocycles. The van der Waals surface area contributed by atoms with E-state index in [1.54, 1.807) is 14.0 Å². The number of ether oxygens (including phenoxy) is 1. The summed E-state index contributed by atoms with van der Waals surface area (Å²) in [5.74, 6) is -0.841. The van der Waals surface area contributed by atoms with Gasteiger partial charge in [-0.1, -0.05) is 0 Å². The molecule has 0 aliphatic heterocycles. The number of nitrogens with zero attached hydrogens (tertiary/aromatic N) is 1. The van der Waals surface area contributed by atoms with E-state index in [9.17, 15) is 9.59 Å². The fraction of sp³-hybridized carbons (Fsp3) is 0.714. The van der Waals surface area contributed by atoms with Crippen LogP contribution in [0.5, 0.6) is 0 Å². The van der Waals surface area contributed by atoms with E-state index in [1.807, 2.05) is 0 Å². The van der Waals surface area contributed by atoms with Gasteiger partial charge in [-0.2, -0.15) is 0 Å². The molecule has 0 radical (unpaired) electrons. The summed E-state index contributed by atoms with van der Waals surface area (Å²) in [6.07, 6.45) is 0. The molecule has 0 saturated carbocycles. The van der Waals surface area contributed by atoms with Crippen molar-refractivity contribution < 1.29 is 14.3 Å². The normalized spacial score (nSPS) is 12.7. The molecule has 1 unspecified atom stereocenters. The van der Waals surface area contributed by atoms with Crippen molar-refractivity contribution in [1.82, 2.24) is 4.90 Å². The predicted octanol–water partition coefficient (Wildman–Crippen LogP) is -1.03. The minimum absolute atomic E-state index is 0.0700. The third-order valence-electron chi connectivity index (χ3n) is 1.68. The Labute approximate surface area is 71.5 Å². The Morgan fingerprint density at radius 3 is 2.42 bits per heavy atom. The number of carbonyl (C=O) groups is 2. The first-order chi connectivity index (χ1) is 5.49. The predicted molar refractivity (Wildman–Crippen MR) is 43.3 cm³/mol. The zero-order valence-corrected chi connectivity index (χ0v) is 7.53. The zero-order chi connectivity index (χ0) is 9.72. The molecule has 12 heavy (non-hydrogen) atoms. The van der Waals surface area contributed by atoms with Crippen molar-refractivity contribution in [3.63, 3.8) is 0 Å². The number of hydrogen-bond acceptors (Lipinski definition) is 4. The van der Waals surface area contributed by atoms with Crippen LogP contribution < -0.4 is 5.73 Å². The third-order valence-corrected chi connectivity index (χ3v) is 1.68.